The van der Waals surface area contributed by atoms with E-state index in [1.165, 1.54) is 11.3 Å². The van der Waals surface area contributed by atoms with E-state index in [1.54, 1.807) is 11.4 Å². The van der Waals surface area contributed by atoms with Crippen LogP contribution in [-0.4, -0.2) is 15.9 Å². The number of fused-ring (bicyclic) bond motifs is 1. The first kappa shape index (κ1) is 12.2. The highest BCUT2D eigenvalue weighted by atomic mass is 35.5. The zero-order chi connectivity index (χ0) is 13.2. The van der Waals surface area contributed by atoms with Gasteiger partial charge in [-0.2, -0.15) is 0 Å². The highest BCUT2D eigenvalue weighted by Gasteiger charge is 2.12. The minimum absolute atomic E-state index is 0.180. The number of amides is 1. The van der Waals surface area contributed by atoms with Crippen molar-refractivity contribution in [1.29, 1.82) is 0 Å². The van der Waals surface area contributed by atoms with Crippen molar-refractivity contribution < 1.29 is 4.79 Å². The Morgan fingerprint density at radius 3 is 2.95 bits per heavy atom. The molecule has 0 bridgehead atoms. The number of halogens is 1. The molecule has 2 aromatic heterocycles. The van der Waals surface area contributed by atoms with Crippen LogP contribution < -0.4 is 5.32 Å². The molecule has 3 rings (SSSR count). The molecule has 0 atom stereocenters. The van der Waals surface area contributed by atoms with Crippen LogP contribution in [0.2, 0.25) is 5.02 Å². The van der Waals surface area contributed by atoms with Gasteiger partial charge >= 0.3 is 0 Å². The number of aromatic nitrogens is 2. The lowest BCUT2D eigenvalue weighted by molar-refractivity contribution is 0.0954. The molecule has 96 valence electrons. The molecule has 2 heterocycles. The van der Waals surface area contributed by atoms with E-state index in [2.05, 4.69) is 15.3 Å². The van der Waals surface area contributed by atoms with Gasteiger partial charge in [-0.05, 0) is 23.6 Å². The first-order valence-electron chi connectivity index (χ1n) is 5.69. The van der Waals surface area contributed by atoms with Crippen LogP contribution >= 0.6 is 22.9 Å². The SMILES string of the molecule is O=C(NCc1nc2ccccc2[nH]1)c1sccc1Cl. The van der Waals surface area contributed by atoms with Gasteiger partial charge in [0, 0.05) is 0 Å². The molecule has 0 spiro atoms. The molecular formula is C13H10ClN3OS. The molecule has 0 aliphatic rings. The fourth-order valence-corrected chi connectivity index (χ4v) is 2.85. The summed E-state index contributed by atoms with van der Waals surface area (Å²) in [5, 5.41) is 5.07. The van der Waals surface area contributed by atoms with Crippen molar-refractivity contribution in [3.8, 4) is 0 Å². The van der Waals surface area contributed by atoms with Gasteiger partial charge in [0.25, 0.3) is 5.91 Å². The summed E-state index contributed by atoms with van der Waals surface area (Å²) in [4.78, 5) is 20.0. The summed E-state index contributed by atoms with van der Waals surface area (Å²) >= 11 is 7.23. The van der Waals surface area contributed by atoms with Crippen LogP contribution in [0, 0.1) is 0 Å². The average Bonchev–Trinajstić information content (AvgIpc) is 3.01. The average molecular weight is 292 g/mol. The van der Waals surface area contributed by atoms with E-state index in [4.69, 9.17) is 11.6 Å². The number of nitrogens with zero attached hydrogens (tertiary/aromatic N) is 1. The number of rotatable bonds is 3. The number of benzene rings is 1. The van der Waals surface area contributed by atoms with Crippen molar-refractivity contribution in [2.24, 2.45) is 0 Å². The highest BCUT2D eigenvalue weighted by molar-refractivity contribution is 7.12. The van der Waals surface area contributed by atoms with Gasteiger partial charge in [0.15, 0.2) is 0 Å². The second kappa shape index (κ2) is 5.03. The van der Waals surface area contributed by atoms with Crippen molar-refractivity contribution in [3.05, 3.63) is 51.4 Å². The van der Waals surface area contributed by atoms with Crippen LogP contribution in [0.25, 0.3) is 11.0 Å². The van der Waals surface area contributed by atoms with Crippen LogP contribution in [0.5, 0.6) is 0 Å². The molecular weight excluding hydrogens is 282 g/mol. The van der Waals surface area contributed by atoms with E-state index < -0.39 is 0 Å². The number of para-hydroxylation sites is 2. The minimum atomic E-state index is -0.180. The second-order valence-corrected chi connectivity index (χ2v) is 5.30. The zero-order valence-electron chi connectivity index (χ0n) is 9.81. The van der Waals surface area contributed by atoms with Crippen LogP contribution in [0.4, 0.5) is 0 Å². The Bertz CT molecular complexity index is 701. The Balaban J connectivity index is 1.72. The first-order valence-corrected chi connectivity index (χ1v) is 6.94. The number of nitrogens with one attached hydrogen (secondary N) is 2. The lowest BCUT2D eigenvalue weighted by Gasteiger charge is -2.01. The third kappa shape index (κ3) is 2.47. The Labute approximate surface area is 118 Å². The molecule has 4 nitrogen and oxygen atoms in total. The van der Waals surface area contributed by atoms with E-state index in [1.807, 2.05) is 24.3 Å². The molecule has 1 amide bonds. The standard InChI is InChI=1S/C13H10ClN3OS/c14-8-5-6-19-12(8)13(18)15-7-11-16-9-3-1-2-4-10(9)17-11/h1-6H,7H2,(H,15,18)(H,16,17). The molecule has 1 aromatic carbocycles. The predicted octanol–water partition coefficient (Wildman–Crippen LogP) is 3.21. The maximum absolute atomic E-state index is 11.9. The Hall–Kier alpha value is -1.85. The van der Waals surface area contributed by atoms with Crippen molar-refractivity contribution in [2.45, 2.75) is 6.54 Å². The van der Waals surface area contributed by atoms with Gasteiger partial charge < -0.3 is 10.3 Å². The number of imidazole rings is 1. The summed E-state index contributed by atoms with van der Waals surface area (Å²) in [6.07, 6.45) is 0. The Kier molecular flexibility index (Phi) is 3.23. The van der Waals surface area contributed by atoms with Gasteiger partial charge in [0.05, 0.1) is 22.6 Å². The van der Waals surface area contributed by atoms with Crippen molar-refractivity contribution in [3.63, 3.8) is 0 Å². The van der Waals surface area contributed by atoms with Crippen molar-refractivity contribution >= 4 is 39.9 Å². The number of H-pyrrole nitrogens is 1. The smallest absolute Gasteiger partial charge is 0.263 e. The van der Waals surface area contributed by atoms with Gasteiger partial charge in [-0.3, -0.25) is 4.79 Å². The van der Waals surface area contributed by atoms with E-state index >= 15 is 0 Å². The number of carbonyl (C=O) groups is 1. The van der Waals surface area contributed by atoms with E-state index in [9.17, 15) is 4.79 Å². The van der Waals surface area contributed by atoms with Gasteiger partial charge in [-0.1, -0.05) is 23.7 Å². The summed E-state index contributed by atoms with van der Waals surface area (Å²) in [5.74, 6) is 0.544. The normalized spacial score (nSPS) is 10.8. The molecule has 0 saturated carbocycles. The van der Waals surface area contributed by atoms with E-state index in [-0.39, 0.29) is 5.91 Å². The van der Waals surface area contributed by atoms with Gasteiger partial charge in [0.2, 0.25) is 0 Å². The zero-order valence-corrected chi connectivity index (χ0v) is 11.4. The Morgan fingerprint density at radius 1 is 1.37 bits per heavy atom. The maximum Gasteiger partial charge on any atom is 0.263 e. The minimum Gasteiger partial charge on any atom is -0.344 e. The van der Waals surface area contributed by atoms with Crippen LogP contribution in [0.1, 0.15) is 15.5 Å². The van der Waals surface area contributed by atoms with E-state index in [0.717, 1.165) is 16.9 Å². The lowest BCUT2D eigenvalue weighted by atomic mass is 10.3. The number of carbonyl (C=O) groups excluding carboxylic acids is 1. The van der Waals surface area contributed by atoms with Crippen LogP contribution in [0.15, 0.2) is 35.7 Å². The van der Waals surface area contributed by atoms with Crippen molar-refractivity contribution in [1.82, 2.24) is 15.3 Å². The van der Waals surface area contributed by atoms with Gasteiger partial charge in [-0.25, -0.2) is 4.98 Å². The summed E-state index contributed by atoms with van der Waals surface area (Å²) in [5.41, 5.74) is 1.85. The number of hydrogen-bond acceptors (Lipinski definition) is 3. The predicted molar refractivity (Wildman–Crippen MR) is 76.6 cm³/mol. The summed E-state index contributed by atoms with van der Waals surface area (Å²) in [7, 11) is 0. The fraction of sp³-hybridized carbons (Fsp3) is 0.0769. The second-order valence-electron chi connectivity index (χ2n) is 3.98. The van der Waals surface area contributed by atoms with Crippen LogP contribution in [0.3, 0.4) is 0 Å². The molecule has 0 radical (unpaired) electrons. The third-order valence-corrected chi connectivity index (χ3v) is 4.02. The fourth-order valence-electron chi connectivity index (χ4n) is 1.79. The molecule has 0 fully saturated rings. The topological polar surface area (TPSA) is 57.8 Å². The van der Waals surface area contributed by atoms with Gasteiger partial charge in [-0.15, -0.1) is 11.3 Å². The monoisotopic (exact) mass is 291 g/mol. The molecule has 0 saturated heterocycles. The first-order chi connectivity index (χ1) is 9.24. The van der Waals surface area contributed by atoms with Gasteiger partial charge in [0.1, 0.15) is 10.7 Å². The van der Waals surface area contributed by atoms with E-state index in [0.29, 0.717) is 16.4 Å². The quantitative estimate of drug-likeness (QED) is 0.778. The Morgan fingerprint density at radius 2 is 2.21 bits per heavy atom. The molecule has 2 N–H and O–H groups in total. The van der Waals surface area contributed by atoms with Crippen LogP contribution in [-0.2, 0) is 6.54 Å². The number of thiophene rings is 1. The molecule has 19 heavy (non-hydrogen) atoms. The largest absolute Gasteiger partial charge is 0.344 e. The summed E-state index contributed by atoms with van der Waals surface area (Å²) in [6, 6.07) is 9.45. The molecule has 6 heteroatoms. The lowest BCUT2D eigenvalue weighted by Crippen LogP contribution is -2.22. The third-order valence-electron chi connectivity index (χ3n) is 2.68. The molecule has 0 aliphatic heterocycles. The van der Waals surface area contributed by atoms with Crippen molar-refractivity contribution in [2.75, 3.05) is 0 Å². The number of hydrogen-bond donors (Lipinski definition) is 2. The maximum atomic E-state index is 11.9. The number of aromatic amines is 1. The molecule has 0 aliphatic carbocycles. The molecule has 0 unspecified atom stereocenters. The highest BCUT2D eigenvalue weighted by Crippen LogP contribution is 2.21. The molecule has 3 aromatic rings. The summed E-state index contributed by atoms with van der Waals surface area (Å²) < 4.78 is 0. The summed E-state index contributed by atoms with van der Waals surface area (Å²) in [6.45, 7) is 0.349.